The van der Waals surface area contributed by atoms with Gasteiger partial charge in [0.15, 0.2) is 0 Å². The van der Waals surface area contributed by atoms with Crippen LogP contribution in [-0.4, -0.2) is 31.4 Å². The molecule has 0 radical (unpaired) electrons. The number of aliphatic imine (C=N–C) groups is 2. The highest BCUT2D eigenvalue weighted by atomic mass is 19.4. The predicted molar refractivity (Wildman–Crippen MR) is 188 cm³/mol. The van der Waals surface area contributed by atoms with Gasteiger partial charge in [-0.15, -0.1) is 0 Å². The van der Waals surface area contributed by atoms with Crippen LogP contribution in [0.2, 0.25) is 0 Å². The van der Waals surface area contributed by atoms with Gasteiger partial charge < -0.3 is 0 Å². The second-order valence-electron chi connectivity index (χ2n) is 12.2. The lowest BCUT2D eigenvalue weighted by molar-refractivity contribution is -0.138. The van der Waals surface area contributed by atoms with Crippen molar-refractivity contribution in [3.8, 4) is 57.4 Å². The van der Waals surface area contributed by atoms with Gasteiger partial charge in [-0.3, -0.25) is 0 Å². The lowest BCUT2D eigenvalue weighted by atomic mass is 9.92. The smallest absolute Gasteiger partial charge is 0.246 e. The molecule has 0 amide bonds. The number of rotatable bonds is 6. The molecule has 276 valence electrons. The molecule has 7 rings (SSSR count). The SMILES string of the molecule is N#C/N=C1/c2nc(-c3cccc(CF)c3)c(-c3cccc(CF)c3)nc2/C(=N\C#N)c2nc(-c3cccc(C(F)(F)F)c3)c(-c3cccc(C(F)(F)F)c3)nc21. The molecule has 0 bridgehead atoms. The molecule has 0 aliphatic heterocycles. The number of nitrogens with zero attached hydrogens (tertiary/aromatic N) is 8. The van der Waals surface area contributed by atoms with E-state index < -0.39 is 36.8 Å². The van der Waals surface area contributed by atoms with Crippen LogP contribution in [0.3, 0.4) is 0 Å². The minimum Gasteiger partial charge on any atom is -0.246 e. The van der Waals surface area contributed by atoms with Crippen LogP contribution in [0, 0.1) is 22.9 Å². The first kappa shape index (κ1) is 37.1. The van der Waals surface area contributed by atoms with Crippen molar-refractivity contribution >= 4 is 11.4 Å². The van der Waals surface area contributed by atoms with Gasteiger partial charge in [-0.2, -0.15) is 46.9 Å². The minimum absolute atomic E-state index is 0.104. The largest absolute Gasteiger partial charge is 0.416 e. The Morgan fingerprint density at radius 2 is 0.750 bits per heavy atom. The predicted octanol–water partition coefficient (Wildman–Crippen LogP) is 9.86. The van der Waals surface area contributed by atoms with Gasteiger partial charge in [-0.1, -0.05) is 60.7 Å². The van der Waals surface area contributed by atoms with E-state index >= 15 is 0 Å². The van der Waals surface area contributed by atoms with Gasteiger partial charge in [0.25, 0.3) is 0 Å². The maximum Gasteiger partial charge on any atom is 0.416 e. The highest BCUT2D eigenvalue weighted by molar-refractivity contribution is 6.29. The van der Waals surface area contributed by atoms with Gasteiger partial charge in [0, 0.05) is 22.3 Å². The third-order valence-corrected chi connectivity index (χ3v) is 8.65. The lowest BCUT2D eigenvalue weighted by Gasteiger charge is -2.23. The van der Waals surface area contributed by atoms with Crippen LogP contribution in [0.5, 0.6) is 0 Å². The highest BCUT2D eigenvalue weighted by Gasteiger charge is 2.37. The summed E-state index contributed by atoms with van der Waals surface area (Å²) in [5.74, 6) is 0. The number of hydrogen-bond donors (Lipinski definition) is 0. The summed E-state index contributed by atoms with van der Waals surface area (Å²) in [6, 6.07) is 20.1. The Balaban J connectivity index is 1.58. The number of alkyl halides is 8. The number of halogens is 8. The molecule has 16 heteroatoms. The highest BCUT2D eigenvalue weighted by Crippen LogP contribution is 2.40. The van der Waals surface area contributed by atoms with Crippen LogP contribution >= 0.6 is 0 Å². The molecule has 8 nitrogen and oxygen atoms in total. The molecule has 1 aliphatic carbocycles. The minimum atomic E-state index is -4.82. The molecule has 4 aromatic carbocycles. The standard InChI is InChI=1S/C40H20F8N8/c41-17-21-5-1-7-23(13-21)29-30(24-8-2-6-22(14-24)18-42)54-36-34(52-20-50)38-37(33(51-19-49)35(36)53-29)55-31(25-9-3-11-27(15-25)39(43,44)45)32(56-38)26-10-4-12-28(16-26)40(46,47)48/h1-16H,17-18H2/b51-33-,52-34+. The monoisotopic (exact) mass is 764 g/mol. The van der Waals surface area contributed by atoms with Crippen molar-refractivity contribution in [2.75, 3.05) is 0 Å². The van der Waals surface area contributed by atoms with E-state index in [1.54, 1.807) is 36.7 Å². The summed E-state index contributed by atoms with van der Waals surface area (Å²) in [5.41, 5.74) is -3.44. The average molecular weight is 765 g/mol. The van der Waals surface area contributed by atoms with E-state index in [1.807, 2.05) is 0 Å². The molecule has 0 saturated carbocycles. The van der Waals surface area contributed by atoms with Crippen LogP contribution < -0.4 is 0 Å². The van der Waals surface area contributed by atoms with Crippen molar-refractivity contribution in [2.45, 2.75) is 25.7 Å². The summed E-state index contributed by atoms with van der Waals surface area (Å²) in [5, 5.41) is 19.8. The van der Waals surface area contributed by atoms with Crippen molar-refractivity contribution in [3.05, 3.63) is 142 Å². The average Bonchev–Trinajstić information content (AvgIpc) is 3.20. The molecule has 56 heavy (non-hydrogen) atoms. The molecule has 6 aromatic rings. The number of nitriles is 2. The fraction of sp³-hybridized carbons (Fsp3) is 0.100. The van der Waals surface area contributed by atoms with E-state index in [9.17, 15) is 45.6 Å². The second-order valence-corrected chi connectivity index (χ2v) is 12.2. The molecule has 2 heterocycles. The van der Waals surface area contributed by atoms with Gasteiger partial charge in [0.2, 0.25) is 12.4 Å². The van der Waals surface area contributed by atoms with E-state index in [4.69, 9.17) is 9.97 Å². The molecule has 2 aromatic heterocycles. The molecule has 0 spiro atoms. The summed E-state index contributed by atoms with van der Waals surface area (Å²) in [7, 11) is 0. The second kappa shape index (κ2) is 14.6. The number of benzene rings is 4. The van der Waals surface area contributed by atoms with Gasteiger partial charge in [-0.25, -0.2) is 28.7 Å². The van der Waals surface area contributed by atoms with Crippen LogP contribution in [0.15, 0.2) is 107 Å². The van der Waals surface area contributed by atoms with E-state index in [1.165, 1.54) is 36.4 Å². The fourth-order valence-corrected chi connectivity index (χ4v) is 6.16. The summed E-state index contributed by atoms with van der Waals surface area (Å²) in [4.78, 5) is 26.7. The Kier molecular flexibility index (Phi) is 9.65. The molecule has 0 N–H and O–H groups in total. The Labute approximate surface area is 311 Å². The lowest BCUT2D eigenvalue weighted by Crippen LogP contribution is -2.29. The summed E-state index contributed by atoms with van der Waals surface area (Å²) < 4.78 is 111. The van der Waals surface area contributed by atoms with Gasteiger partial charge in [0.1, 0.15) is 47.5 Å². The molecular formula is C40H20F8N8. The van der Waals surface area contributed by atoms with Crippen molar-refractivity contribution in [3.63, 3.8) is 0 Å². The Hall–Kier alpha value is -7.20. The van der Waals surface area contributed by atoms with Crippen molar-refractivity contribution in [1.29, 1.82) is 10.5 Å². The zero-order valence-electron chi connectivity index (χ0n) is 28.3. The van der Waals surface area contributed by atoms with E-state index in [0.29, 0.717) is 11.1 Å². The van der Waals surface area contributed by atoms with Gasteiger partial charge >= 0.3 is 12.4 Å². The number of hydrogen-bond acceptors (Lipinski definition) is 8. The summed E-state index contributed by atoms with van der Waals surface area (Å²) in [6.45, 7) is -1.68. The normalized spacial score (nSPS) is 13.9. The summed E-state index contributed by atoms with van der Waals surface area (Å²) >= 11 is 0. The number of fused-ring (bicyclic) bond motifs is 2. The van der Waals surface area contributed by atoms with Crippen molar-refractivity contribution in [2.24, 2.45) is 9.98 Å². The van der Waals surface area contributed by atoms with E-state index in [0.717, 1.165) is 36.4 Å². The maximum absolute atomic E-state index is 13.9. The zero-order valence-corrected chi connectivity index (χ0v) is 28.3. The first-order valence-corrected chi connectivity index (χ1v) is 16.3. The molecule has 0 unspecified atom stereocenters. The van der Waals surface area contributed by atoms with Crippen LogP contribution in [-0.2, 0) is 25.7 Å². The van der Waals surface area contributed by atoms with Gasteiger partial charge in [0.05, 0.1) is 33.9 Å². The van der Waals surface area contributed by atoms with Crippen molar-refractivity contribution in [1.82, 2.24) is 19.9 Å². The quantitative estimate of drug-likeness (QED) is 0.123. The molecule has 1 aliphatic rings. The first-order valence-electron chi connectivity index (χ1n) is 16.3. The Bertz CT molecular complexity index is 2510. The molecule has 0 saturated heterocycles. The van der Waals surface area contributed by atoms with E-state index in [2.05, 4.69) is 20.0 Å². The Morgan fingerprint density at radius 3 is 1.04 bits per heavy atom. The topological polar surface area (TPSA) is 124 Å². The molecular weight excluding hydrogens is 744 g/mol. The van der Waals surface area contributed by atoms with Gasteiger partial charge in [-0.05, 0) is 47.5 Å². The zero-order chi connectivity index (χ0) is 39.8. The van der Waals surface area contributed by atoms with Crippen LogP contribution in [0.4, 0.5) is 35.1 Å². The first-order chi connectivity index (χ1) is 26.8. The maximum atomic E-state index is 13.9. The molecule has 0 fully saturated rings. The number of aromatic nitrogens is 4. The fourth-order valence-electron chi connectivity index (χ4n) is 6.16. The third-order valence-electron chi connectivity index (χ3n) is 8.65. The van der Waals surface area contributed by atoms with Crippen molar-refractivity contribution < 1.29 is 35.1 Å². The summed E-state index contributed by atoms with van der Waals surface area (Å²) in [6.07, 6.45) is -6.35. The molecule has 0 atom stereocenters. The third kappa shape index (κ3) is 6.96. The van der Waals surface area contributed by atoms with E-state index in [-0.39, 0.29) is 79.2 Å². The Morgan fingerprint density at radius 1 is 0.446 bits per heavy atom. The van der Waals surface area contributed by atoms with Crippen LogP contribution in [0.1, 0.15) is 45.0 Å². The van der Waals surface area contributed by atoms with Crippen LogP contribution in [0.25, 0.3) is 45.0 Å².